The predicted octanol–water partition coefficient (Wildman–Crippen LogP) is 1.86. The molecule has 12 heavy (non-hydrogen) atoms. The Balaban J connectivity index is 2.53. The number of rotatable bonds is 4. The number of aromatic nitrogens is 2. The molecule has 0 aromatic carbocycles. The van der Waals surface area contributed by atoms with E-state index in [1.165, 1.54) is 0 Å². The summed E-state index contributed by atoms with van der Waals surface area (Å²) in [5.74, 6) is 0.869. The van der Waals surface area contributed by atoms with Crippen molar-refractivity contribution in [2.24, 2.45) is 0 Å². The Bertz CT molecular complexity index is 218. The van der Waals surface area contributed by atoms with Crippen molar-refractivity contribution in [2.75, 3.05) is 11.9 Å². The molecular weight excluding hydrogens is 150 g/mol. The number of nitrogens with zero attached hydrogens (tertiary/aromatic N) is 2. The van der Waals surface area contributed by atoms with Crippen LogP contribution in [0.25, 0.3) is 0 Å². The lowest BCUT2D eigenvalue weighted by molar-refractivity contribution is 0.948. The number of hydrogen-bond acceptors (Lipinski definition) is 3. The standard InChI is InChI=1S/C9H15N3/c1-3-5-10-9-7-11-8(4-2)6-12-9/h6-7H,3-5H2,1-2H3,(H,10,12). The lowest BCUT2D eigenvalue weighted by Crippen LogP contribution is -2.02. The van der Waals surface area contributed by atoms with Crippen LogP contribution in [-0.2, 0) is 6.42 Å². The van der Waals surface area contributed by atoms with Gasteiger partial charge in [-0.3, -0.25) is 4.98 Å². The second kappa shape index (κ2) is 4.70. The van der Waals surface area contributed by atoms with Gasteiger partial charge in [0.25, 0.3) is 0 Å². The van der Waals surface area contributed by atoms with Crippen molar-refractivity contribution in [2.45, 2.75) is 26.7 Å². The summed E-state index contributed by atoms with van der Waals surface area (Å²) in [5.41, 5.74) is 1.04. The Morgan fingerprint density at radius 3 is 2.58 bits per heavy atom. The van der Waals surface area contributed by atoms with Crippen molar-refractivity contribution in [3.05, 3.63) is 18.1 Å². The first-order chi connectivity index (χ1) is 5.86. The van der Waals surface area contributed by atoms with Crippen molar-refractivity contribution in [1.29, 1.82) is 0 Å². The highest BCUT2D eigenvalue weighted by atomic mass is 15.0. The maximum atomic E-state index is 4.23. The first-order valence-electron chi connectivity index (χ1n) is 4.41. The second-order valence-electron chi connectivity index (χ2n) is 2.67. The van der Waals surface area contributed by atoms with Gasteiger partial charge in [-0.25, -0.2) is 4.98 Å². The second-order valence-corrected chi connectivity index (χ2v) is 2.67. The minimum atomic E-state index is 0.869. The number of aryl methyl sites for hydroxylation is 1. The van der Waals surface area contributed by atoms with E-state index in [-0.39, 0.29) is 0 Å². The molecule has 1 N–H and O–H groups in total. The molecule has 0 atom stereocenters. The predicted molar refractivity (Wildman–Crippen MR) is 50.2 cm³/mol. The Morgan fingerprint density at radius 2 is 2.08 bits per heavy atom. The first kappa shape index (κ1) is 8.97. The molecule has 0 saturated carbocycles. The lowest BCUT2D eigenvalue weighted by Gasteiger charge is -2.02. The Hall–Kier alpha value is -1.12. The highest BCUT2D eigenvalue weighted by Gasteiger charge is 1.93. The van der Waals surface area contributed by atoms with Crippen LogP contribution in [0, 0.1) is 0 Å². The van der Waals surface area contributed by atoms with E-state index >= 15 is 0 Å². The molecule has 0 saturated heterocycles. The summed E-state index contributed by atoms with van der Waals surface area (Å²) in [6, 6.07) is 0. The third kappa shape index (κ3) is 2.49. The molecule has 66 valence electrons. The molecule has 3 heteroatoms. The van der Waals surface area contributed by atoms with E-state index in [1.807, 2.05) is 6.20 Å². The van der Waals surface area contributed by atoms with E-state index in [1.54, 1.807) is 6.20 Å². The van der Waals surface area contributed by atoms with Crippen molar-refractivity contribution >= 4 is 5.82 Å². The number of nitrogens with one attached hydrogen (secondary N) is 1. The van der Waals surface area contributed by atoms with Crippen LogP contribution in [0.1, 0.15) is 26.0 Å². The van der Waals surface area contributed by atoms with E-state index in [4.69, 9.17) is 0 Å². The fourth-order valence-corrected chi connectivity index (χ4v) is 0.882. The zero-order valence-corrected chi connectivity index (χ0v) is 7.67. The van der Waals surface area contributed by atoms with Crippen LogP contribution in [0.5, 0.6) is 0 Å². The largest absolute Gasteiger partial charge is 0.369 e. The lowest BCUT2D eigenvalue weighted by atomic mass is 10.3. The van der Waals surface area contributed by atoms with Crippen LogP contribution >= 0.6 is 0 Å². The van der Waals surface area contributed by atoms with E-state index in [0.717, 1.165) is 30.9 Å². The van der Waals surface area contributed by atoms with E-state index < -0.39 is 0 Å². The number of hydrogen-bond donors (Lipinski definition) is 1. The van der Waals surface area contributed by atoms with Gasteiger partial charge in [-0.2, -0.15) is 0 Å². The van der Waals surface area contributed by atoms with Crippen molar-refractivity contribution in [3.63, 3.8) is 0 Å². The van der Waals surface area contributed by atoms with Crippen LogP contribution in [0.4, 0.5) is 5.82 Å². The zero-order chi connectivity index (χ0) is 8.81. The summed E-state index contributed by atoms with van der Waals surface area (Å²) in [7, 11) is 0. The van der Waals surface area contributed by atoms with Gasteiger partial charge in [0.15, 0.2) is 0 Å². The first-order valence-corrected chi connectivity index (χ1v) is 4.41. The highest BCUT2D eigenvalue weighted by Crippen LogP contribution is 2.00. The fraction of sp³-hybridized carbons (Fsp3) is 0.556. The molecule has 1 aromatic rings. The molecule has 1 heterocycles. The normalized spacial score (nSPS) is 9.83. The maximum Gasteiger partial charge on any atom is 0.144 e. The molecular formula is C9H15N3. The molecule has 1 rings (SSSR count). The summed E-state index contributed by atoms with van der Waals surface area (Å²) >= 11 is 0. The summed E-state index contributed by atoms with van der Waals surface area (Å²) in [4.78, 5) is 8.44. The third-order valence-electron chi connectivity index (χ3n) is 1.62. The molecule has 0 amide bonds. The van der Waals surface area contributed by atoms with Gasteiger partial charge in [-0.05, 0) is 12.8 Å². The Labute approximate surface area is 73.2 Å². The summed E-state index contributed by atoms with van der Waals surface area (Å²) < 4.78 is 0. The maximum absolute atomic E-state index is 4.23. The van der Waals surface area contributed by atoms with Crippen LogP contribution in [0.2, 0.25) is 0 Å². The molecule has 0 fully saturated rings. The average molecular weight is 165 g/mol. The fourth-order valence-electron chi connectivity index (χ4n) is 0.882. The summed E-state index contributed by atoms with van der Waals surface area (Å²) in [6.45, 7) is 5.16. The van der Waals surface area contributed by atoms with Gasteiger partial charge in [-0.15, -0.1) is 0 Å². The van der Waals surface area contributed by atoms with Gasteiger partial charge in [0, 0.05) is 6.54 Å². The van der Waals surface area contributed by atoms with Gasteiger partial charge in [0.1, 0.15) is 5.82 Å². The topological polar surface area (TPSA) is 37.8 Å². The molecule has 0 spiro atoms. The molecule has 1 aromatic heterocycles. The Morgan fingerprint density at radius 1 is 1.25 bits per heavy atom. The van der Waals surface area contributed by atoms with Gasteiger partial charge in [0.2, 0.25) is 0 Å². The van der Waals surface area contributed by atoms with E-state index in [9.17, 15) is 0 Å². The Kier molecular flexibility index (Phi) is 3.51. The minimum absolute atomic E-state index is 0.869. The van der Waals surface area contributed by atoms with Crippen LogP contribution in [-0.4, -0.2) is 16.5 Å². The van der Waals surface area contributed by atoms with Crippen LogP contribution in [0.15, 0.2) is 12.4 Å². The molecule has 3 nitrogen and oxygen atoms in total. The minimum Gasteiger partial charge on any atom is -0.369 e. The monoisotopic (exact) mass is 165 g/mol. The van der Waals surface area contributed by atoms with Crippen molar-refractivity contribution in [3.8, 4) is 0 Å². The molecule has 0 aliphatic rings. The van der Waals surface area contributed by atoms with Crippen molar-refractivity contribution < 1.29 is 0 Å². The SMILES string of the molecule is CCCNc1cnc(CC)cn1. The third-order valence-corrected chi connectivity index (χ3v) is 1.62. The zero-order valence-electron chi connectivity index (χ0n) is 7.67. The average Bonchev–Trinajstić information content (AvgIpc) is 2.15. The van der Waals surface area contributed by atoms with Gasteiger partial charge < -0.3 is 5.32 Å². The van der Waals surface area contributed by atoms with Gasteiger partial charge in [0.05, 0.1) is 18.1 Å². The van der Waals surface area contributed by atoms with E-state index in [2.05, 4.69) is 29.1 Å². The summed E-state index contributed by atoms with van der Waals surface area (Å²) in [5, 5.41) is 3.17. The van der Waals surface area contributed by atoms with Crippen LogP contribution < -0.4 is 5.32 Å². The summed E-state index contributed by atoms with van der Waals surface area (Å²) in [6.07, 6.45) is 5.66. The van der Waals surface area contributed by atoms with Crippen molar-refractivity contribution in [1.82, 2.24) is 9.97 Å². The molecule has 0 radical (unpaired) electrons. The van der Waals surface area contributed by atoms with Crippen LogP contribution in [0.3, 0.4) is 0 Å². The smallest absolute Gasteiger partial charge is 0.144 e. The molecule has 0 aliphatic heterocycles. The highest BCUT2D eigenvalue weighted by molar-refractivity contribution is 5.30. The number of anilines is 1. The quantitative estimate of drug-likeness (QED) is 0.740. The van der Waals surface area contributed by atoms with E-state index in [0.29, 0.717) is 0 Å². The van der Waals surface area contributed by atoms with Gasteiger partial charge >= 0.3 is 0 Å². The molecule has 0 aliphatic carbocycles. The molecule has 0 bridgehead atoms. The molecule has 0 unspecified atom stereocenters. The van der Waals surface area contributed by atoms with Gasteiger partial charge in [-0.1, -0.05) is 13.8 Å².